The summed E-state index contributed by atoms with van der Waals surface area (Å²) in [6.45, 7) is 8.31. The predicted molar refractivity (Wildman–Crippen MR) is 140 cm³/mol. The first-order chi connectivity index (χ1) is 16.8. The van der Waals surface area contributed by atoms with E-state index in [1.54, 1.807) is 30.5 Å². The lowest BCUT2D eigenvalue weighted by atomic mass is 9.96. The van der Waals surface area contributed by atoms with Crippen molar-refractivity contribution < 1.29 is 18.7 Å². The van der Waals surface area contributed by atoms with Crippen LogP contribution in [0.25, 0.3) is 27.7 Å². The van der Waals surface area contributed by atoms with Crippen molar-refractivity contribution in [3.8, 4) is 16.9 Å². The standard InChI is InChI=1S/C29H28N2O4/c1-5-34-27-19(4)28-24(25(16-35-28)20-8-6-17(2)7-9-20)15-23(27)18(3)14-26(32)31-22-12-10-21(11-13-22)29(30)33/h6-16H,5H2,1-4H3,(H2,30,33)(H,31,32)/b18-14+. The van der Waals surface area contributed by atoms with Gasteiger partial charge in [0.05, 0.1) is 12.9 Å². The first-order valence-electron chi connectivity index (χ1n) is 11.4. The van der Waals surface area contributed by atoms with Crippen LogP contribution < -0.4 is 15.8 Å². The Morgan fingerprint density at radius 1 is 1.06 bits per heavy atom. The van der Waals surface area contributed by atoms with Crippen LogP contribution in [0.15, 0.2) is 71.4 Å². The fourth-order valence-corrected chi connectivity index (χ4v) is 4.07. The maximum atomic E-state index is 12.8. The number of rotatable bonds is 7. The van der Waals surface area contributed by atoms with Gasteiger partial charge in [0.2, 0.25) is 11.8 Å². The van der Waals surface area contributed by atoms with Gasteiger partial charge < -0.3 is 20.2 Å². The first-order valence-corrected chi connectivity index (χ1v) is 11.4. The molecular weight excluding hydrogens is 440 g/mol. The maximum absolute atomic E-state index is 12.8. The molecule has 0 aliphatic heterocycles. The molecule has 0 aliphatic carbocycles. The normalized spacial score (nSPS) is 11.5. The van der Waals surface area contributed by atoms with Gasteiger partial charge in [-0.3, -0.25) is 9.59 Å². The van der Waals surface area contributed by atoms with E-state index in [4.69, 9.17) is 14.9 Å². The molecule has 35 heavy (non-hydrogen) atoms. The Hall–Kier alpha value is -4.32. The summed E-state index contributed by atoms with van der Waals surface area (Å²) in [5.41, 5.74) is 12.7. The minimum atomic E-state index is -0.517. The Labute approximate surface area is 204 Å². The van der Waals surface area contributed by atoms with Crippen LogP contribution in [0.5, 0.6) is 5.75 Å². The van der Waals surface area contributed by atoms with Crippen LogP contribution >= 0.6 is 0 Å². The molecule has 0 bridgehead atoms. The van der Waals surface area contributed by atoms with E-state index in [0.29, 0.717) is 23.6 Å². The molecule has 4 aromatic rings. The van der Waals surface area contributed by atoms with Crippen LogP contribution in [-0.2, 0) is 4.79 Å². The van der Waals surface area contributed by atoms with Crippen molar-refractivity contribution in [1.82, 2.24) is 0 Å². The number of furan rings is 1. The van der Waals surface area contributed by atoms with Gasteiger partial charge in [0, 0.05) is 39.4 Å². The minimum Gasteiger partial charge on any atom is -0.493 e. The predicted octanol–water partition coefficient (Wildman–Crippen LogP) is 6.26. The number of fused-ring (bicyclic) bond motifs is 1. The van der Waals surface area contributed by atoms with Gasteiger partial charge in [0.1, 0.15) is 11.3 Å². The Morgan fingerprint density at radius 3 is 2.37 bits per heavy atom. The maximum Gasteiger partial charge on any atom is 0.248 e. The molecule has 178 valence electrons. The Kier molecular flexibility index (Phi) is 6.73. The molecule has 0 saturated carbocycles. The number of allylic oxidation sites excluding steroid dienone is 1. The van der Waals surface area contributed by atoms with Crippen LogP contribution in [0.1, 0.15) is 40.9 Å². The number of primary amides is 1. The second-order valence-corrected chi connectivity index (χ2v) is 8.46. The van der Waals surface area contributed by atoms with E-state index in [0.717, 1.165) is 38.8 Å². The largest absolute Gasteiger partial charge is 0.493 e. The second kappa shape index (κ2) is 9.89. The number of benzene rings is 3. The van der Waals surface area contributed by atoms with Crippen molar-refractivity contribution in [3.05, 3.63) is 89.2 Å². The van der Waals surface area contributed by atoms with Crippen LogP contribution in [0.2, 0.25) is 0 Å². The van der Waals surface area contributed by atoms with Crippen LogP contribution in [0.4, 0.5) is 5.69 Å². The third kappa shape index (κ3) is 4.96. The zero-order chi connectivity index (χ0) is 25.1. The van der Waals surface area contributed by atoms with Crippen LogP contribution in [-0.4, -0.2) is 18.4 Å². The molecule has 0 saturated heterocycles. The van der Waals surface area contributed by atoms with Gasteiger partial charge >= 0.3 is 0 Å². The first kappa shape index (κ1) is 23.8. The number of carbonyl (C=O) groups excluding carboxylic acids is 2. The highest BCUT2D eigenvalue weighted by Gasteiger charge is 2.19. The van der Waals surface area contributed by atoms with E-state index in [9.17, 15) is 9.59 Å². The monoisotopic (exact) mass is 468 g/mol. The van der Waals surface area contributed by atoms with E-state index in [-0.39, 0.29) is 5.91 Å². The summed E-state index contributed by atoms with van der Waals surface area (Å²) in [7, 11) is 0. The van der Waals surface area contributed by atoms with Crippen molar-refractivity contribution in [2.45, 2.75) is 27.7 Å². The van der Waals surface area contributed by atoms with Gasteiger partial charge in [-0.1, -0.05) is 29.8 Å². The second-order valence-electron chi connectivity index (χ2n) is 8.46. The number of anilines is 1. The summed E-state index contributed by atoms with van der Waals surface area (Å²) in [6.07, 6.45) is 3.31. The molecule has 3 N–H and O–H groups in total. The van der Waals surface area contributed by atoms with E-state index >= 15 is 0 Å². The minimum absolute atomic E-state index is 0.291. The number of nitrogens with two attached hydrogens (primary N) is 1. The number of nitrogens with one attached hydrogen (secondary N) is 1. The van der Waals surface area contributed by atoms with Crippen LogP contribution in [0, 0.1) is 13.8 Å². The molecule has 1 aromatic heterocycles. The van der Waals surface area contributed by atoms with Crippen molar-refractivity contribution in [3.63, 3.8) is 0 Å². The molecule has 0 aliphatic rings. The Balaban J connectivity index is 1.72. The quantitative estimate of drug-likeness (QED) is 0.313. The summed E-state index contributed by atoms with van der Waals surface area (Å²) in [6, 6.07) is 16.7. The van der Waals surface area contributed by atoms with Gasteiger partial charge in [0.25, 0.3) is 0 Å². The average Bonchev–Trinajstić information content (AvgIpc) is 3.26. The summed E-state index contributed by atoms with van der Waals surface area (Å²) in [5, 5.41) is 3.78. The third-order valence-corrected chi connectivity index (χ3v) is 5.90. The molecular formula is C29H28N2O4. The summed E-state index contributed by atoms with van der Waals surface area (Å²) in [5.74, 6) is -0.116. The number of aryl methyl sites for hydroxylation is 2. The molecule has 6 heteroatoms. The Morgan fingerprint density at radius 2 is 1.74 bits per heavy atom. The highest BCUT2D eigenvalue weighted by Crippen LogP contribution is 2.40. The van der Waals surface area contributed by atoms with Crippen molar-refractivity contribution in [1.29, 1.82) is 0 Å². The van der Waals surface area contributed by atoms with Gasteiger partial charge in [-0.2, -0.15) is 0 Å². The van der Waals surface area contributed by atoms with Crippen LogP contribution in [0.3, 0.4) is 0 Å². The van der Waals surface area contributed by atoms with Crippen molar-refractivity contribution in [2.24, 2.45) is 5.73 Å². The SMILES string of the molecule is CCOc1c(/C(C)=C/C(=O)Nc2ccc(C(N)=O)cc2)cc2c(-c3ccc(C)cc3)coc2c1C. The van der Waals surface area contributed by atoms with Gasteiger partial charge in [-0.15, -0.1) is 0 Å². The average molecular weight is 469 g/mol. The van der Waals surface area contributed by atoms with Gasteiger partial charge in [0.15, 0.2) is 0 Å². The van der Waals surface area contributed by atoms with E-state index in [1.807, 2.05) is 26.8 Å². The lowest BCUT2D eigenvalue weighted by Gasteiger charge is -2.15. The summed E-state index contributed by atoms with van der Waals surface area (Å²) < 4.78 is 11.9. The van der Waals surface area contributed by atoms with Gasteiger partial charge in [-0.25, -0.2) is 0 Å². The number of hydrogen-bond acceptors (Lipinski definition) is 4. The molecule has 0 spiro atoms. The smallest absolute Gasteiger partial charge is 0.248 e. The number of ether oxygens (including phenoxy) is 1. The Bertz CT molecular complexity index is 1430. The topological polar surface area (TPSA) is 94.6 Å². The van der Waals surface area contributed by atoms with E-state index in [2.05, 4.69) is 36.5 Å². The zero-order valence-corrected chi connectivity index (χ0v) is 20.3. The molecule has 4 rings (SSSR count). The third-order valence-electron chi connectivity index (χ3n) is 5.90. The number of amides is 2. The number of hydrogen-bond donors (Lipinski definition) is 2. The summed E-state index contributed by atoms with van der Waals surface area (Å²) >= 11 is 0. The highest BCUT2D eigenvalue weighted by atomic mass is 16.5. The molecule has 2 amide bonds. The lowest BCUT2D eigenvalue weighted by Crippen LogP contribution is -2.12. The molecule has 0 unspecified atom stereocenters. The van der Waals surface area contributed by atoms with Crippen molar-refractivity contribution in [2.75, 3.05) is 11.9 Å². The molecule has 6 nitrogen and oxygen atoms in total. The zero-order valence-electron chi connectivity index (χ0n) is 20.3. The summed E-state index contributed by atoms with van der Waals surface area (Å²) in [4.78, 5) is 24.0. The fraction of sp³-hybridized carbons (Fsp3) is 0.172. The lowest BCUT2D eigenvalue weighted by molar-refractivity contribution is -0.111. The fourth-order valence-electron chi connectivity index (χ4n) is 4.07. The number of carbonyl (C=O) groups is 2. The van der Waals surface area contributed by atoms with E-state index < -0.39 is 5.91 Å². The molecule has 0 fully saturated rings. The molecule has 1 heterocycles. The molecule has 0 atom stereocenters. The van der Waals surface area contributed by atoms with E-state index in [1.165, 1.54) is 11.6 Å². The highest BCUT2D eigenvalue weighted by molar-refractivity contribution is 6.06. The van der Waals surface area contributed by atoms with Gasteiger partial charge in [-0.05, 0) is 69.2 Å². The van der Waals surface area contributed by atoms with Crippen molar-refractivity contribution >= 4 is 34.0 Å². The molecule has 3 aromatic carbocycles. The molecule has 0 radical (unpaired) electrons.